The first-order chi connectivity index (χ1) is 13.7. The van der Waals surface area contributed by atoms with Crippen molar-refractivity contribution in [3.05, 3.63) is 24.3 Å². The number of amides is 1. The van der Waals surface area contributed by atoms with Crippen LogP contribution in [0.25, 0.3) is 11.4 Å². The van der Waals surface area contributed by atoms with Gasteiger partial charge in [0.1, 0.15) is 5.75 Å². The summed E-state index contributed by atoms with van der Waals surface area (Å²) < 4.78 is 7.27. The molecule has 1 heterocycles. The lowest BCUT2D eigenvalue weighted by atomic mass is 9.97. The molecular formula is C21H30N4O2S. The minimum absolute atomic E-state index is 0.0900. The van der Waals surface area contributed by atoms with Crippen molar-refractivity contribution < 1.29 is 9.53 Å². The van der Waals surface area contributed by atoms with E-state index in [1.807, 2.05) is 24.3 Å². The predicted octanol–water partition coefficient (Wildman–Crippen LogP) is 4.29. The first kappa shape index (κ1) is 20.7. The van der Waals surface area contributed by atoms with Crippen LogP contribution in [0.5, 0.6) is 5.75 Å². The van der Waals surface area contributed by atoms with Gasteiger partial charge in [-0.3, -0.25) is 4.79 Å². The minimum Gasteiger partial charge on any atom is -0.497 e. The first-order valence-electron chi connectivity index (χ1n) is 10.2. The second-order valence-electron chi connectivity index (χ2n) is 7.18. The van der Waals surface area contributed by atoms with E-state index in [9.17, 15) is 4.79 Å². The molecule has 0 spiro atoms. The van der Waals surface area contributed by atoms with Gasteiger partial charge in [-0.05, 0) is 44.0 Å². The number of hydrogen-bond donors (Lipinski definition) is 1. The second-order valence-corrected chi connectivity index (χ2v) is 8.12. The van der Waals surface area contributed by atoms with Crippen LogP contribution in [0.4, 0.5) is 0 Å². The Morgan fingerprint density at radius 3 is 2.46 bits per heavy atom. The zero-order chi connectivity index (χ0) is 19.8. The minimum atomic E-state index is 0.0900. The van der Waals surface area contributed by atoms with Crippen molar-refractivity contribution >= 4 is 17.7 Å². The highest BCUT2D eigenvalue weighted by molar-refractivity contribution is 7.99. The number of carbonyl (C=O) groups excluding carboxylic acids is 1. The van der Waals surface area contributed by atoms with Crippen molar-refractivity contribution in [3.8, 4) is 17.1 Å². The Bertz CT molecular complexity index is 752. The van der Waals surface area contributed by atoms with Crippen molar-refractivity contribution in [3.63, 3.8) is 0 Å². The first-order valence-corrected chi connectivity index (χ1v) is 11.2. The van der Waals surface area contributed by atoms with Crippen LogP contribution in [0.2, 0.25) is 0 Å². The summed E-state index contributed by atoms with van der Waals surface area (Å²) in [6, 6.07) is 8.11. The van der Waals surface area contributed by atoms with Crippen LogP contribution in [0, 0.1) is 0 Å². The molecule has 6 nitrogen and oxygen atoms in total. The zero-order valence-corrected chi connectivity index (χ0v) is 17.6. The fraction of sp³-hybridized carbons (Fsp3) is 0.571. The van der Waals surface area contributed by atoms with Gasteiger partial charge in [-0.2, -0.15) is 0 Å². The van der Waals surface area contributed by atoms with Crippen molar-refractivity contribution in [2.75, 3.05) is 12.9 Å². The van der Waals surface area contributed by atoms with Crippen LogP contribution >= 0.6 is 11.8 Å². The van der Waals surface area contributed by atoms with Crippen molar-refractivity contribution in [1.29, 1.82) is 0 Å². The van der Waals surface area contributed by atoms with Crippen LogP contribution < -0.4 is 10.1 Å². The Balaban J connectivity index is 1.59. The number of ether oxygens (including phenoxy) is 1. The molecule has 1 fully saturated rings. The standard InChI is InChI=1S/C21H30N4O2S/c1-3-25-20(16-11-13-18(27-2)14-12-16)23-24-21(25)28-15-19(26)22-17-9-7-5-4-6-8-10-17/h11-14,17H,3-10,15H2,1-2H3,(H,22,26). The number of methoxy groups -OCH3 is 1. The highest BCUT2D eigenvalue weighted by Crippen LogP contribution is 2.25. The Kier molecular flexibility index (Phi) is 7.77. The molecule has 1 N–H and O–H groups in total. The molecule has 0 radical (unpaired) electrons. The molecule has 1 aliphatic rings. The molecule has 0 atom stereocenters. The van der Waals surface area contributed by atoms with E-state index in [-0.39, 0.29) is 5.91 Å². The number of carbonyl (C=O) groups is 1. The molecule has 0 unspecified atom stereocenters. The van der Waals surface area contributed by atoms with E-state index in [0.29, 0.717) is 11.8 Å². The lowest BCUT2D eigenvalue weighted by Crippen LogP contribution is -2.36. The molecule has 1 aromatic heterocycles. The normalized spacial score (nSPS) is 15.6. The molecule has 7 heteroatoms. The third-order valence-electron chi connectivity index (χ3n) is 5.18. The highest BCUT2D eigenvalue weighted by atomic mass is 32.2. The largest absolute Gasteiger partial charge is 0.497 e. The summed E-state index contributed by atoms with van der Waals surface area (Å²) in [6.45, 7) is 2.82. The van der Waals surface area contributed by atoms with E-state index >= 15 is 0 Å². The van der Waals surface area contributed by atoms with Gasteiger partial charge in [0.2, 0.25) is 5.91 Å². The summed E-state index contributed by atoms with van der Waals surface area (Å²) in [6.07, 6.45) is 8.54. The molecule has 0 aliphatic heterocycles. The summed E-state index contributed by atoms with van der Waals surface area (Å²) in [4.78, 5) is 12.4. The Labute approximate surface area is 171 Å². The fourth-order valence-corrected chi connectivity index (χ4v) is 4.45. The average Bonchev–Trinajstić information content (AvgIpc) is 3.11. The van der Waals surface area contributed by atoms with E-state index in [1.54, 1.807) is 7.11 Å². The molecular weight excluding hydrogens is 372 g/mol. The molecule has 3 rings (SSSR count). The Hall–Kier alpha value is -2.02. The van der Waals surface area contributed by atoms with Crippen LogP contribution in [-0.4, -0.2) is 39.6 Å². The summed E-state index contributed by atoms with van der Waals surface area (Å²) in [5.41, 5.74) is 0.987. The maximum Gasteiger partial charge on any atom is 0.230 e. The van der Waals surface area contributed by atoms with E-state index in [4.69, 9.17) is 4.74 Å². The summed E-state index contributed by atoms with van der Waals surface area (Å²) in [5.74, 6) is 2.09. The van der Waals surface area contributed by atoms with Crippen LogP contribution in [0.3, 0.4) is 0 Å². The topological polar surface area (TPSA) is 69.0 Å². The van der Waals surface area contributed by atoms with Gasteiger partial charge in [-0.15, -0.1) is 10.2 Å². The van der Waals surface area contributed by atoms with E-state index in [2.05, 4.69) is 27.0 Å². The van der Waals surface area contributed by atoms with Crippen LogP contribution in [0.1, 0.15) is 51.9 Å². The van der Waals surface area contributed by atoms with Crippen molar-refractivity contribution in [2.24, 2.45) is 0 Å². The number of thioether (sulfide) groups is 1. The zero-order valence-electron chi connectivity index (χ0n) is 16.8. The highest BCUT2D eigenvalue weighted by Gasteiger charge is 2.17. The predicted molar refractivity (Wildman–Crippen MR) is 113 cm³/mol. The second kappa shape index (κ2) is 10.5. The van der Waals surface area contributed by atoms with E-state index in [1.165, 1.54) is 43.9 Å². The van der Waals surface area contributed by atoms with E-state index < -0.39 is 0 Å². The molecule has 0 bridgehead atoms. The lowest BCUT2D eigenvalue weighted by Gasteiger charge is -2.20. The van der Waals surface area contributed by atoms with Gasteiger partial charge < -0.3 is 14.6 Å². The molecule has 1 saturated carbocycles. The maximum atomic E-state index is 12.4. The number of benzene rings is 1. The summed E-state index contributed by atoms with van der Waals surface area (Å²) >= 11 is 1.45. The summed E-state index contributed by atoms with van der Waals surface area (Å²) in [5, 5.41) is 12.7. The molecule has 1 aromatic carbocycles. The number of rotatable bonds is 7. The smallest absolute Gasteiger partial charge is 0.230 e. The quantitative estimate of drug-likeness (QED) is 0.700. The number of aromatic nitrogens is 3. The van der Waals surface area contributed by atoms with Gasteiger partial charge in [-0.25, -0.2) is 0 Å². The van der Waals surface area contributed by atoms with Gasteiger partial charge in [0.15, 0.2) is 11.0 Å². The van der Waals surface area contributed by atoms with Gasteiger partial charge >= 0.3 is 0 Å². The fourth-order valence-electron chi connectivity index (χ4n) is 3.63. The summed E-state index contributed by atoms with van der Waals surface area (Å²) in [7, 11) is 1.65. The number of nitrogens with one attached hydrogen (secondary N) is 1. The average molecular weight is 403 g/mol. The van der Waals surface area contributed by atoms with Crippen LogP contribution in [0.15, 0.2) is 29.4 Å². The van der Waals surface area contributed by atoms with Crippen molar-refractivity contribution in [1.82, 2.24) is 20.1 Å². The number of hydrogen-bond acceptors (Lipinski definition) is 5. The third kappa shape index (κ3) is 5.50. The molecule has 2 aromatic rings. The third-order valence-corrected chi connectivity index (χ3v) is 6.15. The van der Waals surface area contributed by atoms with Gasteiger partial charge in [0.05, 0.1) is 12.9 Å². The van der Waals surface area contributed by atoms with Gasteiger partial charge in [0, 0.05) is 18.2 Å². The monoisotopic (exact) mass is 402 g/mol. The Morgan fingerprint density at radius 1 is 1.14 bits per heavy atom. The molecule has 0 saturated heterocycles. The molecule has 1 aliphatic carbocycles. The SMILES string of the molecule is CCn1c(SCC(=O)NC2CCCCCCC2)nnc1-c1ccc(OC)cc1. The van der Waals surface area contributed by atoms with Gasteiger partial charge in [-0.1, -0.05) is 43.9 Å². The van der Waals surface area contributed by atoms with Crippen molar-refractivity contribution in [2.45, 2.75) is 69.6 Å². The maximum absolute atomic E-state index is 12.4. The molecule has 1 amide bonds. The lowest BCUT2D eigenvalue weighted by molar-refractivity contribution is -0.119. The van der Waals surface area contributed by atoms with Crippen LogP contribution in [-0.2, 0) is 11.3 Å². The Morgan fingerprint density at radius 2 is 1.82 bits per heavy atom. The molecule has 152 valence electrons. The molecule has 28 heavy (non-hydrogen) atoms. The van der Waals surface area contributed by atoms with Gasteiger partial charge in [0.25, 0.3) is 0 Å². The number of nitrogens with zero attached hydrogens (tertiary/aromatic N) is 3. The van der Waals surface area contributed by atoms with E-state index in [0.717, 1.165) is 41.7 Å².